The van der Waals surface area contributed by atoms with Gasteiger partial charge in [-0.05, 0) is 32.5 Å². The summed E-state index contributed by atoms with van der Waals surface area (Å²) in [4.78, 5) is 10.9. The summed E-state index contributed by atoms with van der Waals surface area (Å²) in [5.74, 6) is -0.914. The van der Waals surface area contributed by atoms with Gasteiger partial charge in [-0.15, -0.1) is 0 Å². The molecule has 76 valence electrons. The average Bonchev–Trinajstić information content (AvgIpc) is 2.03. The minimum absolute atomic E-state index is 0.642. The molecule has 3 nitrogen and oxygen atoms in total. The summed E-state index contributed by atoms with van der Waals surface area (Å²) < 4.78 is 11.2. The molecule has 0 radical (unpaired) electrons. The van der Waals surface area contributed by atoms with E-state index in [0.717, 1.165) is 19.1 Å². The Balaban J connectivity index is 2.63. The number of carbonyl (C=O) groups excluding carboxylic acids is 1. The maximum atomic E-state index is 10.9. The Labute approximate surface area is 80.5 Å². The number of hydrogen-bond acceptors (Lipinski definition) is 3. The van der Waals surface area contributed by atoms with E-state index in [4.69, 9.17) is 9.16 Å². The Morgan fingerprint density at radius 3 is 2.46 bits per heavy atom. The van der Waals surface area contributed by atoms with Gasteiger partial charge < -0.3 is 9.16 Å². The van der Waals surface area contributed by atoms with Crippen molar-refractivity contribution in [1.82, 2.24) is 0 Å². The molecule has 0 N–H and O–H groups in total. The van der Waals surface area contributed by atoms with E-state index in [1.807, 2.05) is 0 Å². The van der Waals surface area contributed by atoms with Crippen LogP contribution >= 0.6 is 0 Å². The SMILES string of the molecule is C[Si](C)(C)OC1(C=O)CCCCO1. The Hall–Kier alpha value is -0.193. The molecule has 0 aromatic heterocycles. The van der Waals surface area contributed by atoms with Gasteiger partial charge in [-0.2, -0.15) is 0 Å². The third-order valence-corrected chi connectivity index (χ3v) is 2.88. The van der Waals surface area contributed by atoms with E-state index >= 15 is 0 Å². The maximum absolute atomic E-state index is 10.9. The second kappa shape index (κ2) is 3.90. The van der Waals surface area contributed by atoms with Crippen LogP contribution in [0.1, 0.15) is 19.3 Å². The molecule has 1 aliphatic heterocycles. The van der Waals surface area contributed by atoms with Crippen LogP contribution in [0.5, 0.6) is 0 Å². The van der Waals surface area contributed by atoms with Crippen molar-refractivity contribution in [2.75, 3.05) is 6.61 Å². The lowest BCUT2D eigenvalue weighted by molar-refractivity contribution is -0.199. The topological polar surface area (TPSA) is 35.5 Å². The highest BCUT2D eigenvalue weighted by molar-refractivity contribution is 6.69. The molecule has 0 aromatic carbocycles. The van der Waals surface area contributed by atoms with Crippen LogP contribution in [0.15, 0.2) is 0 Å². The van der Waals surface area contributed by atoms with E-state index in [0.29, 0.717) is 13.0 Å². The standard InChI is InChI=1S/C9H18O3Si/c1-13(2,3)12-9(8-10)6-4-5-7-11-9/h8H,4-7H2,1-3H3. The van der Waals surface area contributed by atoms with Crippen LogP contribution in [-0.4, -0.2) is 27.0 Å². The molecule has 0 aliphatic carbocycles. The van der Waals surface area contributed by atoms with Gasteiger partial charge in [0.25, 0.3) is 0 Å². The number of ether oxygens (including phenoxy) is 1. The van der Waals surface area contributed by atoms with Crippen LogP contribution in [-0.2, 0) is 14.0 Å². The quantitative estimate of drug-likeness (QED) is 0.518. The van der Waals surface area contributed by atoms with Crippen LogP contribution in [0.3, 0.4) is 0 Å². The van der Waals surface area contributed by atoms with Crippen molar-refractivity contribution >= 4 is 14.6 Å². The molecule has 1 unspecified atom stereocenters. The fourth-order valence-corrected chi connectivity index (χ4v) is 2.75. The van der Waals surface area contributed by atoms with Gasteiger partial charge in [0.2, 0.25) is 5.79 Å². The summed E-state index contributed by atoms with van der Waals surface area (Å²) in [6.07, 6.45) is 3.58. The van der Waals surface area contributed by atoms with Crippen LogP contribution in [0.2, 0.25) is 19.6 Å². The van der Waals surface area contributed by atoms with Gasteiger partial charge >= 0.3 is 0 Å². The Morgan fingerprint density at radius 2 is 2.08 bits per heavy atom. The van der Waals surface area contributed by atoms with E-state index in [9.17, 15) is 4.79 Å². The van der Waals surface area contributed by atoms with E-state index in [2.05, 4.69) is 19.6 Å². The third kappa shape index (κ3) is 3.21. The van der Waals surface area contributed by atoms with Gasteiger partial charge in [0, 0.05) is 6.42 Å². The van der Waals surface area contributed by atoms with Crippen molar-refractivity contribution in [2.45, 2.75) is 44.7 Å². The molecular formula is C9H18O3Si. The number of carbonyl (C=O) groups is 1. The first-order valence-corrected chi connectivity index (χ1v) is 8.19. The monoisotopic (exact) mass is 202 g/mol. The average molecular weight is 202 g/mol. The zero-order chi connectivity index (χ0) is 9.95. The fraction of sp³-hybridized carbons (Fsp3) is 0.889. The molecule has 1 aliphatic rings. The summed E-state index contributed by atoms with van der Waals surface area (Å²) in [5.41, 5.74) is 0. The number of aldehydes is 1. The first-order valence-electron chi connectivity index (χ1n) is 4.78. The second-order valence-corrected chi connectivity index (χ2v) is 8.88. The Kier molecular flexibility index (Phi) is 3.26. The zero-order valence-corrected chi connectivity index (χ0v) is 9.63. The van der Waals surface area contributed by atoms with Crippen molar-refractivity contribution in [3.05, 3.63) is 0 Å². The molecule has 0 bridgehead atoms. The number of hydrogen-bond donors (Lipinski definition) is 0. The van der Waals surface area contributed by atoms with Crippen molar-refractivity contribution in [3.63, 3.8) is 0 Å². The molecule has 1 saturated heterocycles. The Bertz CT molecular complexity index is 180. The van der Waals surface area contributed by atoms with E-state index < -0.39 is 14.1 Å². The van der Waals surface area contributed by atoms with Crippen LogP contribution in [0, 0.1) is 0 Å². The highest BCUT2D eigenvalue weighted by atomic mass is 28.4. The van der Waals surface area contributed by atoms with E-state index in [1.54, 1.807) is 0 Å². The molecule has 0 spiro atoms. The molecule has 0 aromatic rings. The maximum Gasteiger partial charge on any atom is 0.216 e. The largest absolute Gasteiger partial charge is 0.385 e. The zero-order valence-electron chi connectivity index (χ0n) is 8.63. The van der Waals surface area contributed by atoms with Gasteiger partial charge in [-0.25, -0.2) is 0 Å². The van der Waals surface area contributed by atoms with Gasteiger partial charge in [-0.3, -0.25) is 4.79 Å². The van der Waals surface area contributed by atoms with Crippen molar-refractivity contribution < 1.29 is 14.0 Å². The second-order valence-electron chi connectivity index (χ2n) is 4.45. The molecule has 13 heavy (non-hydrogen) atoms. The van der Waals surface area contributed by atoms with Crippen molar-refractivity contribution in [3.8, 4) is 0 Å². The van der Waals surface area contributed by atoms with Crippen LogP contribution in [0.25, 0.3) is 0 Å². The molecule has 1 atom stereocenters. The lowest BCUT2D eigenvalue weighted by Crippen LogP contribution is -2.48. The van der Waals surface area contributed by atoms with Gasteiger partial charge in [0.05, 0.1) is 6.61 Å². The highest BCUT2D eigenvalue weighted by Crippen LogP contribution is 2.27. The first kappa shape index (κ1) is 10.9. The smallest absolute Gasteiger partial charge is 0.216 e. The summed E-state index contributed by atoms with van der Waals surface area (Å²) >= 11 is 0. The highest BCUT2D eigenvalue weighted by Gasteiger charge is 2.38. The minimum atomic E-state index is -1.69. The third-order valence-electron chi connectivity index (χ3n) is 1.92. The minimum Gasteiger partial charge on any atom is -0.385 e. The van der Waals surface area contributed by atoms with Crippen molar-refractivity contribution in [1.29, 1.82) is 0 Å². The molecule has 1 fully saturated rings. The number of rotatable bonds is 3. The summed E-state index contributed by atoms with van der Waals surface area (Å²) in [6, 6.07) is 0. The lowest BCUT2D eigenvalue weighted by Gasteiger charge is -2.37. The molecule has 1 heterocycles. The fourth-order valence-electron chi connectivity index (χ4n) is 1.51. The van der Waals surface area contributed by atoms with Crippen LogP contribution in [0.4, 0.5) is 0 Å². The first-order chi connectivity index (χ1) is 5.97. The lowest BCUT2D eigenvalue weighted by atomic mass is 10.1. The molecular weight excluding hydrogens is 184 g/mol. The molecule has 0 amide bonds. The van der Waals surface area contributed by atoms with Gasteiger partial charge in [0.15, 0.2) is 14.6 Å². The summed E-state index contributed by atoms with van der Waals surface area (Å²) in [7, 11) is -1.69. The van der Waals surface area contributed by atoms with Gasteiger partial charge in [0.1, 0.15) is 0 Å². The van der Waals surface area contributed by atoms with Crippen molar-refractivity contribution in [2.24, 2.45) is 0 Å². The molecule has 0 saturated carbocycles. The Morgan fingerprint density at radius 1 is 1.38 bits per heavy atom. The van der Waals surface area contributed by atoms with Gasteiger partial charge in [-0.1, -0.05) is 0 Å². The predicted molar refractivity (Wildman–Crippen MR) is 53.0 cm³/mol. The molecule has 4 heteroatoms. The molecule has 1 rings (SSSR count). The van der Waals surface area contributed by atoms with Crippen LogP contribution < -0.4 is 0 Å². The normalized spacial score (nSPS) is 30.1. The summed E-state index contributed by atoms with van der Waals surface area (Å²) in [5, 5.41) is 0. The predicted octanol–water partition coefficient (Wildman–Crippen LogP) is 1.93. The van der Waals surface area contributed by atoms with E-state index in [1.165, 1.54) is 0 Å². The summed E-state index contributed by atoms with van der Waals surface area (Å²) in [6.45, 7) is 6.84. The van der Waals surface area contributed by atoms with E-state index in [-0.39, 0.29) is 0 Å².